The molecule has 0 radical (unpaired) electrons. The smallest absolute Gasteiger partial charge is 0.0960 e. The van der Waals surface area contributed by atoms with Crippen LogP contribution in [0.4, 0.5) is 0 Å². The summed E-state index contributed by atoms with van der Waals surface area (Å²) in [7, 11) is 0. The molecule has 0 aliphatic heterocycles. The largest absolute Gasteiger partial charge is 0.331 e. The minimum Gasteiger partial charge on any atom is -0.331 e. The molecule has 4 rings (SSSR count). The van der Waals surface area contributed by atoms with Gasteiger partial charge in [-0.05, 0) is 99.9 Å². The van der Waals surface area contributed by atoms with Gasteiger partial charge in [-0.15, -0.1) is 0 Å². The van der Waals surface area contributed by atoms with Crippen molar-refractivity contribution in [3.8, 4) is 0 Å². The standard InChI is InChI=1S/C26H34N4/c1-6-7-11-29-16-27-23-13-20(4)22(15-25(23)29)10-8-9-21(5)30-17-28-24-12-18(2)19(3)14-26(24)30/h12-17,21H,6-11H2,1-5H3. The van der Waals surface area contributed by atoms with Crippen LogP contribution in [0.15, 0.2) is 36.9 Å². The minimum atomic E-state index is 0.441. The van der Waals surface area contributed by atoms with Crippen LogP contribution >= 0.6 is 0 Å². The van der Waals surface area contributed by atoms with Crippen LogP contribution in [-0.2, 0) is 13.0 Å². The van der Waals surface area contributed by atoms with Crippen molar-refractivity contribution in [1.29, 1.82) is 0 Å². The third-order valence-electron chi connectivity index (χ3n) is 6.56. The summed E-state index contributed by atoms with van der Waals surface area (Å²) in [5.74, 6) is 0. The SMILES string of the molecule is CCCCn1cnc2cc(C)c(CCCC(C)n3cnc4cc(C)c(C)cc43)cc21. The van der Waals surface area contributed by atoms with E-state index in [1.165, 1.54) is 52.5 Å². The van der Waals surface area contributed by atoms with E-state index in [1.807, 2.05) is 12.7 Å². The molecule has 1 atom stereocenters. The average Bonchev–Trinajstić information content (AvgIpc) is 3.30. The highest BCUT2D eigenvalue weighted by Crippen LogP contribution is 2.26. The van der Waals surface area contributed by atoms with E-state index in [0.29, 0.717) is 6.04 Å². The van der Waals surface area contributed by atoms with Gasteiger partial charge in [-0.3, -0.25) is 0 Å². The van der Waals surface area contributed by atoms with Crippen LogP contribution in [0.2, 0.25) is 0 Å². The molecule has 0 N–H and O–H groups in total. The van der Waals surface area contributed by atoms with E-state index in [0.717, 1.165) is 30.4 Å². The molecule has 4 aromatic rings. The van der Waals surface area contributed by atoms with Crippen molar-refractivity contribution in [3.63, 3.8) is 0 Å². The Bertz CT molecular complexity index is 1160. The quantitative estimate of drug-likeness (QED) is 0.329. The molecule has 30 heavy (non-hydrogen) atoms. The zero-order valence-corrected chi connectivity index (χ0v) is 19.1. The summed E-state index contributed by atoms with van der Waals surface area (Å²) in [5, 5.41) is 0. The molecule has 0 amide bonds. The second-order valence-corrected chi connectivity index (χ2v) is 8.88. The fraction of sp³-hybridized carbons (Fsp3) is 0.462. The Balaban J connectivity index is 1.46. The lowest BCUT2D eigenvalue weighted by Crippen LogP contribution is -2.05. The zero-order chi connectivity index (χ0) is 21.3. The molecule has 0 saturated carbocycles. The van der Waals surface area contributed by atoms with Gasteiger partial charge >= 0.3 is 0 Å². The van der Waals surface area contributed by atoms with Gasteiger partial charge in [0, 0.05) is 12.6 Å². The molecule has 2 aromatic carbocycles. The fourth-order valence-corrected chi connectivity index (χ4v) is 4.39. The van der Waals surface area contributed by atoms with Crippen molar-refractivity contribution >= 4 is 22.1 Å². The second kappa shape index (κ2) is 8.63. The highest BCUT2D eigenvalue weighted by atomic mass is 15.1. The number of aromatic nitrogens is 4. The number of nitrogens with zero attached hydrogens (tertiary/aromatic N) is 4. The molecule has 0 bridgehead atoms. The summed E-state index contributed by atoms with van der Waals surface area (Å²) in [5.41, 5.74) is 10.2. The first-order valence-corrected chi connectivity index (χ1v) is 11.4. The predicted molar refractivity (Wildman–Crippen MR) is 126 cm³/mol. The lowest BCUT2D eigenvalue weighted by Gasteiger charge is -2.15. The molecular weight excluding hydrogens is 368 g/mol. The van der Waals surface area contributed by atoms with E-state index in [2.05, 4.69) is 78.0 Å². The lowest BCUT2D eigenvalue weighted by atomic mass is 10.00. The van der Waals surface area contributed by atoms with E-state index in [1.54, 1.807) is 0 Å². The van der Waals surface area contributed by atoms with Crippen LogP contribution in [-0.4, -0.2) is 19.1 Å². The number of benzene rings is 2. The Morgan fingerprint density at radius 3 is 2.33 bits per heavy atom. The van der Waals surface area contributed by atoms with Crippen molar-refractivity contribution < 1.29 is 0 Å². The van der Waals surface area contributed by atoms with Crippen molar-refractivity contribution in [3.05, 3.63) is 59.2 Å². The number of hydrogen-bond donors (Lipinski definition) is 0. The summed E-state index contributed by atoms with van der Waals surface area (Å²) in [6.45, 7) is 12.2. The van der Waals surface area contributed by atoms with Gasteiger partial charge in [0.15, 0.2) is 0 Å². The van der Waals surface area contributed by atoms with E-state index in [4.69, 9.17) is 0 Å². The molecule has 0 aliphatic rings. The molecule has 0 spiro atoms. The van der Waals surface area contributed by atoms with Crippen molar-refractivity contribution in [2.45, 2.75) is 79.3 Å². The van der Waals surface area contributed by atoms with E-state index < -0.39 is 0 Å². The molecule has 1 unspecified atom stereocenters. The monoisotopic (exact) mass is 402 g/mol. The highest BCUT2D eigenvalue weighted by Gasteiger charge is 2.12. The molecule has 2 aromatic heterocycles. The minimum absolute atomic E-state index is 0.441. The molecule has 0 aliphatic carbocycles. The van der Waals surface area contributed by atoms with Crippen LogP contribution in [0.5, 0.6) is 0 Å². The molecule has 0 fully saturated rings. The Morgan fingerprint density at radius 2 is 1.53 bits per heavy atom. The summed E-state index contributed by atoms with van der Waals surface area (Å²) >= 11 is 0. The Kier molecular flexibility index (Phi) is 5.94. The maximum atomic E-state index is 4.64. The molecule has 4 nitrogen and oxygen atoms in total. The zero-order valence-electron chi connectivity index (χ0n) is 19.1. The van der Waals surface area contributed by atoms with Gasteiger partial charge in [0.25, 0.3) is 0 Å². The highest BCUT2D eigenvalue weighted by molar-refractivity contribution is 5.78. The van der Waals surface area contributed by atoms with E-state index in [-0.39, 0.29) is 0 Å². The fourth-order valence-electron chi connectivity index (χ4n) is 4.39. The van der Waals surface area contributed by atoms with Gasteiger partial charge in [0.05, 0.1) is 34.7 Å². The third-order valence-corrected chi connectivity index (χ3v) is 6.56. The van der Waals surface area contributed by atoms with Gasteiger partial charge in [-0.2, -0.15) is 0 Å². The summed E-state index contributed by atoms with van der Waals surface area (Å²) in [6.07, 6.45) is 9.83. The molecule has 4 heteroatoms. The maximum Gasteiger partial charge on any atom is 0.0960 e. The van der Waals surface area contributed by atoms with Crippen LogP contribution in [0.1, 0.15) is 67.8 Å². The second-order valence-electron chi connectivity index (χ2n) is 8.88. The first kappa shape index (κ1) is 20.6. The number of unbranched alkanes of at least 4 members (excludes halogenated alkanes) is 1. The molecule has 158 valence electrons. The first-order chi connectivity index (χ1) is 14.5. The number of imidazole rings is 2. The molecule has 2 heterocycles. The van der Waals surface area contributed by atoms with Gasteiger partial charge in [-0.1, -0.05) is 13.3 Å². The summed E-state index contributed by atoms with van der Waals surface area (Å²) < 4.78 is 4.66. The molecular formula is C26H34N4. The summed E-state index contributed by atoms with van der Waals surface area (Å²) in [4.78, 5) is 9.25. The number of aryl methyl sites for hydroxylation is 5. The average molecular weight is 403 g/mol. The third kappa shape index (κ3) is 4.00. The number of rotatable bonds is 8. The number of hydrogen-bond acceptors (Lipinski definition) is 2. The van der Waals surface area contributed by atoms with Gasteiger partial charge < -0.3 is 9.13 Å². The van der Waals surface area contributed by atoms with Crippen molar-refractivity contribution in [2.24, 2.45) is 0 Å². The Hall–Kier alpha value is -2.62. The van der Waals surface area contributed by atoms with Crippen molar-refractivity contribution in [1.82, 2.24) is 19.1 Å². The Labute approximate surface area is 180 Å². The predicted octanol–water partition coefficient (Wildman–Crippen LogP) is 6.70. The van der Waals surface area contributed by atoms with E-state index >= 15 is 0 Å². The van der Waals surface area contributed by atoms with E-state index in [9.17, 15) is 0 Å². The van der Waals surface area contributed by atoms with Crippen LogP contribution in [0.25, 0.3) is 22.1 Å². The topological polar surface area (TPSA) is 35.6 Å². The van der Waals surface area contributed by atoms with Crippen LogP contribution < -0.4 is 0 Å². The lowest BCUT2D eigenvalue weighted by molar-refractivity contribution is 0.499. The normalized spacial score (nSPS) is 12.8. The van der Waals surface area contributed by atoms with Gasteiger partial charge in [-0.25, -0.2) is 9.97 Å². The summed E-state index contributed by atoms with van der Waals surface area (Å²) in [6, 6.07) is 9.55. The molecule has 0 saturated heterocycles. The van der Waals surface area contributed by atoms with Gasteiger partial charge in [0.2, 0.25) is 0 Å². The van der Waals surface area contributed by atoms with Gasteiger partial charge in [0.1, 0.15) is 0 Å². The van der Waals surface area contributed by atoms with Crippen molar-refractivity contribution in [2.75, 3.05) is 0 Å². The maximum absolute atomic E-state index is 4.64. The van der Waals surface area contributed by atoms with Crippen LogP contribution in [0, 0.1) is 20.8 Å². The number of fused-ring (bicyclic) bond motifs is 2. The Morgan fingerprint density at radius 1 is 0.833 bits per heavy atom. The van der Waals surface area contributed by atoms with Crippen LogP contribution in [0.3, 0.4) is 0 Å². The first-order valence-electron chi connectivity index (χ1n) is 11.4.